The average Bonchev–Trinajstić information content (AvgIpc) is 2.43. The molecule has 0 unspecified atom stereocenters. The largest absolute Gasteiger partial charge is 0.304 e. The molecule has 2 rings (SSSR count). The normalized spacial score (nSPS) is 22.3. The number of hydrogen-bond acceptors (Lipinski definition) is 2. The van der Waals surface area contributed by atoms with Crippen molar-refractivity contribution in [2.24, 2.45) is 5.41 Å². The Morgan fingerprint density at radius 3 is 1.72 bits per heavy atom. The Balaban J connectivity index is 0.000000659. The highest BCUT2D eigenvalue weighted by molar-refractivity contribution is 4.97. The highest BCUT2D eigenvalue weighted by Gasteiger charge is 2.43. The molecule has 2 nitrogen and oxygen atoms in total. The monoisotopic (exact) mass is 256 g/mol. The van der Waals surface area contributed by atoms with Crippen LogP contribution in [0, 0.1) is 5.41 Å². The summed E-state index contributed by atoms with van der Waals surface area (Å²) in [6.07, 6.45) is 4.21. The van der Waals surface area contributed by atoms with E-state index in [0.717, 1.165) is 5.41 Å². The summed E-state index contributed by atoms with van der Waals surface area (Å²) >= 11 is 0. The van der Waals surface area contributed by atoms with Crippen LogP contribution in [0.5, 0.6) is 0 Å². The van der Waals surface area contributed by atoms with Crippen LogP contribution in [0.25, 0.3) is 0 Å². The van der Waals surface area contributed by atoms with E-state index in [9.17, 15) is 0 Å². The van der Waals surface area contributed by atoms with Crippen LogP contribution in [0.4, 0.5) is 0 Å². The third-order valence-corrected chi connectivity index (χ3v) is 4.02. The fraction of sp³-hybridized carbons (Fsp3) is 1.00. The van der Waals surface area contributed by atoms with Gasteiger partial charge in [0, 0.05) is 13.1 Å². The van der Waals surface area contributed by atoms with Crippen molar-refractivity contribution in [2.75, 3.05) is 39.3 Å². The van der Waals surface area contributed by atoms with Crippen molar-refractivity contribution in [2.45, 2.75) is 60.8 Å². The molecule has 1 spiro atoms. The van der Waals surface area contributed by atoms with Crippen molar-refractivity contribution in [3.8, 4) is 0 Å². The summed E-state index contributed by atoms with van der Waals surface area (Å²) < 4.78 is 0. The van der Waals surface area contributed by atoms with Crippen molar-refractivity contribution in [1.29, 1.82) is 0 Å². The van der Waals surface area contributed by atoms with Gasteiger partial charge in [-0.3, -0.25) is 0 Å². The summed E-state index contributed by atoms with van der Waals surface area (Å²) in [7, 11) is 0. The lowest BCUT2D eigenvalue weighted by molar-refractivity contribution is -0.0451. The number of hydrogen-bond donors (Lipinski definition) is 0. The van der Waals surface area contributed by atoms with Gasteiger partial charge in [-0.2, -0.15) is 0 Å². The lowest BCUT2D eigenvalue weighted by Crippen LogP contribution is -2.60. The minimum absolute atomic E-state index is 0.737. The van der Waals surface area contributed by atoms with Crippen molar-refractivity contribution >= 4 is 0 Å². The van der Waals surface area contributed by atoms with E-state index in [4.69, 9.17) is 0 Å². The van der Waals surface area contributed by atoms with Crippen LogP contribution in [0.3, 0.4) is 0 Å². The molecule has 2 fully saturated rings. The molecule has 2 aliphatic heterocycles. The van der Waals surface area contributed by atoms with E-state index in [2.05, 4.69) is 23.6 Å². The average molecular weight is 256 g/mol. The van der Waals surface area contributed by atoms with Crippen LogP contribution in [0.15, 0.2) is 0 Å². The van der Waals surface area contributed by atoms with Gasteiger partial charge in [-0.15, -0.1) is 0 Å². The molecule has 0 aromatic heterocycles. The maximum atomic E-state index is 2.63. The van der Waals surface area contributed by atoms with Crippen LogP contribution < -0.4 is 0 Å². The second kappa shape index (κ2) is 9.80. The fourth-order valence-corrected chi connectivity index (χ4v) is 3.04. The van der Waals surface area contributed by atoms with Gasteiger partial charge >= 0.3 is 0 Å². The van der Waals surface area contributed by atoms with Gasteiger partial charge in [0.25, 0.3) is 0 Å². The van der Waals surface area contributed by atoms with Crippen LogP contribution in [0.2, 0.25) is 0 Å². The third kappa shape index (κ3) is 4.89. The van der Waals surface area contributed by atoms with Gasteiger partial charge in [0.05, 0.1) is 0 Å². The molecule has 0 amide bonds. The van der Waals surface area contributed by atoms with Crippen molar-refractivity contribution < 1.29 is 0 Å². The zero-order valence-electron chi connectivity index (χ0n) is 13.8. The first-order valence-corrected chi connectivity index (χ1v) is 8.23. The molecule has 0 saturated carbocycles. The number of likely N-dealkylation sites (tertiary alicyclic amines) is 2. The molecular weight excluding hydrogens is 220 g/mol. The molecule has 2 aliphatic rings. The van der Waals surface area contributed by atoms with Crippen LogP contribution >= 0.6 is 0 Å². The van der Waals surface area contributed by atoms with Gasteiger partial charge in [-0.1, -0.05) is 41.5 Å². The molecule has 110 valence electrons. The minimum Gasteiger partial charge on any atom is -0.304 e. The molecule has 2 heteroatoms. The Labute approximate surface area is 116 Å². The highest BCUT2D eigenvalue weighted by atomic mass is 15.2. The Hall–Kier alpha value is -0.0800. The topological polar surface area (TPSA) is 6.48 Å². The first kappa shape index (κ1) is 17.9. The summed E-state index contributed by atoms with van der Waals surface area (Å²) in [5, 5.41) is 0. The molecule has 0 aromatic rings. The second-order valence-corrected chi connectivity index (χ2v) is 5.14. The smallest absolute Gasteiger partial charge is 0.00514 e. The summed E-state index contributed by atoms with van der Waals surface area (Å²) in [6, 6.07) is 0. The van der Waals surface area contributed by atoms with Gasteiger partial charge in [0.1, 0.15) is 0 Å². The Morgan fingerprint density at radius 1 is 0.833 bits per heavy atom. The lowest BCUT2D eigenvalue weighted by atomic mass is 9.72. The molecule has 2 heterocycles. The molecular formula is C16H36N2. The molecule has 18 heavy (non-hydrogen) atoms. The summed E-state index contributed by atoms with van der Waals surface area (Å²) in [5.41, 5.74) is 0.737. The van der Waals surface area contributed by atoms with E-state index >= 15 is 0 Å². The maximum Gasteiger partial charge on any atom is 0.00514 e. The van der Waals surface area contributed by atoms with Crippen LogP contribution in [0.1, 0.15) is 60.8 Å². The minimum atomic E-state index is 0.737. The molecule has 0 aliphatic carbocycles. The van der Waals surface area contributed by atoms with E-state index < -0.39 is 0 Å². The first-order chi connectivity index (χ1) is 8.78. The van der Waals surface area contributed by atoms with Crippen molar-refractivity contribution in [3.05, 3.63) is 0 Å². The highest BCUT2D eigenvalue weighted by Crippen LogP contribution is 2.40. The SMILES string of the molecule is CC.CC.CCCN1CC2(CCN(CC)CC2)C1. The van der Waals surface area contributed by atoms with Gasteiger partial charge in [0.2, 0.25) is 0 Å². The Morgan fingerprint density at radius 2 is 1.33 bits per heavy atom. The molecule has 0 bridgehead atoms. The fourth-order valence-electron chi connectivity index (χ4n) is 3.04. The van der Waals surface area contributed by atoms with Gasteiger partial charge < -0.3 is 9.80 Å². The van der Waals surface area contributed by atoms with Crippen molar-refractivity contribution in [3.63, 3.8) is 0 Å². The Bertz CT molecular complexity index is 168. The molecule has 0 radical (unpaired) electrons. The standard InChI is InChI=1S/C12H24N2.2C2H6/c1-3-7-14-10-12(11-14)5-8-13(4-2)9-6-12;2*1-2/h3-11H2,1-2H3;2*1-2H3. The van der Waals surface area contributed by atoms with E-state index in [-0.39, 0.29) is 0 Å². The number of piperidine rings is 1. The number of nitrogens with zero attached hydrogens (tertiary/aromatic N) is 2. The molecule has 0 atom stereocenters. The van der Waals surface area contributed by atoms with E-state index in [0.29, 0.717) is 0 Å². The maximum absolute atomic E-state index is 2.63. The second-order valence-electron chi connectivity index (χ2n) is 5.14. The summed E-state index contributed by atoms with van der Waals surface area (Å²) in [5.74, 6) is 0. The number of rotatable bonds is 3. The quantitative estimate of drug-likeness (QED) is 0.756. The molecule has 0 aromatic carbocycles. The predicted molar refractivity (Wildman–Crippen MR) is 83.2 cm³/mol. The van der Waals surface area contributed by atoms with Crippen molar-refractivity contribution in [1.82, 2.24) is 9.80 Å². The predicted octanol–water partition coefficient (Wildman–Crippen LogP) is 3.87. The molecule has 0 N–H and O–H groups in total. The summed E-state index contributed by atoms with van der Waals surface area (Å²) in [6.45, 7) is 20.6. The van der Waals surface area contributed by atoms with Gasteiger partial charge in [-0.25, -0.2) is 0 Å². The molecule has 2 saturated heterocycles. The van der Waals surface area contributed by atoms with E-state index in [1.807, 2.05) is 27.7 Å². The van der Waals surface area contributed by atoms with Gasteiger partial charge in [0.15, 0.2) is 0 Å². The van der Waals surface area contributed by atoms with E-state index in [1.54, 1.807) is 0 Å². The van der Waals surface area contributed by atoms with E-state index in [1.165, 1.54) is 58.5 Å². The third-order valence-electron chi connectivity index (χ3n) is 4.02. The zero-order chi connectivity index (χ0) is 14.0. The first-order valence-electron chi connectivity index (χ1n) is 8.23. The van der Waals surface area contributed by atoms with Gasteiger partial charge in [-0.05, 0) is 50.9 Å². The van der Waals surface area contributed by atoms with Crippen LogP contribution in [-0.4, -0.2) is 49.1 Å². The summed E-state index contributed by atoms with van der Waals surface area (Å²) in [4.78, 5) is 5.22. The Kier molecular flexibility index (Phi) is 9.76. The van der Waals surface area contributed by atoms with Crippen LogP contribution in [-0.2, 0) is 0 Å². The zero-order valence-corrected chi connectivity index (χ0v) is 13.8. The lowest BCUT2D eigenvalue weighted by Gasteiger charge is -2.54.